The largest absolute Gasteiger partial charge is 0.396 e. The van der Waals surface area contributed by atoms with E-state index in [1.165, 1.54) is 0 Å². The van der Waals surface area contributed by atoms with Crippen LogP contribution in [-0.2, 0) is 4.79 Å². The van der Waals surface area contributed by atoms with E-state index in [1.807, 2.05) is 0 Å². The minimum Gasteiger partial charge on any atom is -0.396 e. The molecule has 0 amide bonds. The maximum atomic E-state index is 11.2. The Hall–Kier alpha value is -0.370. The van der Waals surface area contributed by atoms with Gasteiger partial charge in [-0.2, -0.15) is 0 Å². The third-order valence-corrected chi connectivity index (χ3v) is 2.58. The van der Waals surface area contributed by atoms with Crippen LogP contribution in [-0.4, -0.2) is 17.5 Å². The van der Waals surface area contributed by atoms with Crippen molar-refractivity contribution in [1.29, 1.82) is 0 Å². The van der Waals surface area contributed by atoms with E-state index in [0.717, 1.165) is 19.3 Å². The van der Waals surface area contributed by atoms with Gasteiger partial charge in [-0.15, -0.1) is 0 Å². The molecule has 1 rings (SSSR count). The molecule has 0 saturated heterocycles. The summed E-state index contributed by atoms with van der Waals surface area (Å²) in [7, 11) is 0. The average Bonchev–Trinajstić information content (AvgIpc) is 2.34. The highest BCUT2D eigenvalue weighted by Crippen LogP contribution is 2.31. The third kappa shape index (κ3) is 1.80. The van der Waals surface area contributed by atoms with Gasteiger partial charge in [0.2, 0.25) is 0 Å². The minimum atomic E-state index is 0.171. The SMILES string of the molecule is CCCC1C(=O)CCC1CO. The first-order valence-electron chi connectivity index (χ1n) is 4.43. The van der Waals surface area contributed by atoms with Crippen LogP contribution < -0.4 is 0 Å². The number of hydrogen-bond donors (Lipinski definition) is 1. The summed E-state index contributed by atoms with van der Waals surface area (Å²) in [6, 6.07) is 0. The highest BCUT2D eigenvalue weighted by molar-refractivity contribution is 5.83. The summed E-state index contributed by atoms with van der Waals surface area (Å²) in [5.41, 5.74) is 0. The summed E-state index contributed by atoms with van der Waals surface area (Å²) < 4.78 is 0. The van der Waals surface area contributed by atoms with Gasteiger partial charge in [0.05, 0.1) is 0 Å². The Morgan fingerprint density at radius 2 is 2.36 bits per heavy atom. The lowest BCUT2D eigenvalue weighted by Gasteiger charge is -2.13. The van der Waals surface area contributed by atoms with Crippen LogP contribution in [0.15, 0.2) is 0 Å². The van der Waals surface area contributed by atoms with E-state index >= 15 is 0 Å². The van der Waals surface area contributed by atoms with E-state index in [2.05, 4.69) is 6.92 Å². The van der Waals surface area contributed by atoms with Gasteiger partial charge in [-0.1, -0.05) is 13.3 Å². The third-order valence-electron chi connectivity index (χ3n) is 2.58. The Labute approximate surface area is 67.6 Å². The van der Waals surface area contributed by atoms with Crippen molar-refractivity contribution in [1.82, 2.24) is 0 Å². The van der Waals surface area contributed by atoms with Crippen molar-refractivity contribution in [3.8, 4) is 0 Å². The van der Waals surface area contributed by atoms with Crippen LogP contribution in [0.3, 0.4) is 0 Å². The Morgan fingerprint density at radius 3 is 2.91 bits per heavy atom. The lowest BCUT2D eigenvalue weighted by atomic mass is 9.92. The molecule has 64 valence electrons. The molecule has 1 N–H and O–H groups in total. The molecule has 0 heterocycles. The fraction of sp³-hybridized carbons (Fsp3) is 0.889. The van der Waals surface area contributed by atoms with Crippen LogP contribution in [0.25, 0.3) is 0 Å². The van der Waals surface area contributed by atoms with E-state index in [1.54, 1.807) is 0 Å². The lowest BCUT2D eigenvalue weighted by molar-refractivity contribution is -0.121. The zero-order chi connectivity index (χ0) is 8.27. The molecule has 1 aliphatic rings. The maximum Gasteiger partial charge on any atom is 0.136 e. The van der Waals surface area contributed by atoms with Crippen molar-refractivity contribution in [2.45, 2.75) is 32.6 Å². The van der Waals surface area contributed by atoms with Gasteiger partial charge in [-0.3, -0.25) is 4.79 Å². The first-order chi connectivity index (χ1) is 5.29. The van der Waals surface area contributed by atoms with E-state index < -0.39 is 0 Å². The molecular weight excluding hydrogens is 140 g/mol. The van der Waals surface area contributed by atoms with Crippen LogP contribution in [0.2, 0.25) is 0 Å². The van der Waals surface area contributed by atoms with Crippen molar-refractivity contribution in [3.05, 3.63) is 0 Å². The maximum absolute atomic E-state index is 11.2. The van der Waals surface area contributed by atoms with Gasteiger partial charge in [-0.05, 0) is 18.8 Å². The first kappa shape index (κ1) is 8.72. The molecule has 1 fully saturated rings. The highest BCUT2D eigenvalue weighted by atomic mass is 16.3. The number of rotatable bonds is 3. The molecule has 2 nitrogen and oxygen atoms in total. The predicted octanol–water partition coefficient (Wildman–Crippen LogP) is 1.37. The summed E-state index contributed by atoms with van der Waals surface area (Å²) in [4.78, 5) is 11.2. The number of aliphatic hydroxyl groups is 1. The summed E-state index contributed by atoms with van der Waals surface area (Å²) >= 11 is 0. The Bertz CT molecular complexity index is 142. The Balaban J connectivity index is 2.49. The average molecular weight is 156 g/mol. The summed E-state index contributed by atoms with van der Waals surface area (Å²) in [5.74, 6) is 0.804. The van der Waals surface area contributed by atoms with Crippen molar-refractivity contribution in [2.75, 3.05) is 6.61 Å². The number of aliphatic hydroxyl groups excluding tert-OH is 1. The van der Waals surface area contributed by atoms with Crippen molar-refractivity contribution in [3.63, 3.8) is 0 Å². The van der Waals surface area contributed by atoms with Gasteiger partial charge < -0.3 is 5.11 Å². The monoisotopic (exact) mass is 156 g/mol. The molecule has 0 aromatic rings. The smallest absolute Gasteiger partial charge is 0.136 e. The van der Waals surface area contributed by atoms with Gasteiger partial charge >= 0.3 is 0 Å². The zero-order valence-electron chi connectivity index (χ0n) is 7.05. The molecule has 11 heavy (non-hydrogen) atoms. The molecule has 2 atom stereocenters. The van der Waals surface area contributed by atoms with Crippen LogP contribution in [0.1, 0.15) is 32.6 Å². The number of hydrogen-bond acceptors (Lipinski definition) is 2. The standard InChI is InChI=1S/C9H16O2/c1-2-3-8-7(6-10)4-5-9(8)11/h7-8,10H,2-6H2,1H3. The van der Waals surface area contributed by atoms with E-state index in [9.17, 15) is 4.79 Å². The van der Waals surface area contributed by atoms with Crippen LogP contribution in [0, 0.1) is 11.8 Å². The fourth-order valence-electron chi connectivity index (χ4n) is 1.90. The lowest BCUT2D eigenvalue weighted by Crippen LogP contribution is -2.17. The molecule has 1 aliphatic carbocycles. The molecule has 0 aromatic carbocycles. The molecule has 0 bridgehead atoms. The first-order valence-corrected chi connectivity index (χ1v) is 4.43. The molecule has 0 radical (unpaired) electrons. The van der Waals surface area contributed by atoms with Crippen LogP contribution in [0.5, 0.6) is 0 Å². The quantitative estimate of drug-likeness (QED) is 0.670. The predicted molar refractivity (Wildman–Crippen MR) is 43.2 cm³/mol. The number of carbonyl (C=O) groups is 1. The number of carbonyl (C=O) groups excluding carboxylic acids is 1. The van der Waals surface area contributed by atoms with E-state index in [4.69, 9.17) is 5.11 Å². The summed E-state index contributed by atoms with van der Waals surface area (Å²) in [5, 5.41) is 8.93. The molecule has 1 saturated carbocycles. The normalized spacial score (nSPS) is 31.3. The van der Waals surface area contributed by atoms with Crippen molar-refractivity contribution in [2.24, 2.45) is 11.8 Å². The van der Waals surface area contributed by atoms with Crippen molar-refractivity contribution >= 4 is 5.78 Å². The second kappa shape index (κ2) is 3.86. The molecule has 0 aliphatic heterocycles. The Morgan fingerprint density at radius 1 is 1.64 bits per heavy atom. The minimum absolute atomic E-state index is 0.171. The molecular formula is C9H16O2. The van der Waals surface area contributed by atoms with E-state index in [-0.39, 0.29) is 18.4 Å². The fourth-order valence-corrected chi connectivity index (χ4v) is 1.90. The van der Waals surface area contributed by atoms with Crippen molar-refractivity contribution < 1.29 is 9.90 Å². The zero-order valence-corrected chi connectivity index (χ0v) is 7.05. The van der Waals surface area contributed by atoms with Gasteiger partial charge in [-0.25, -0.2) is 0 Å². The highest BCUT2D eigenvalue weighted by Gasteiger charge is 2.32. The van der Waals surface area contributed by atoms with Gasteiger partial charge in [0.25, 0.3) is 0 Å². The number of ketones is 1. The molecule has 0 aromatic heterocycles. The number of Topliss-reactive ketones (excluding diaryl/α,β-unsaturated/α-hetero) is 1. The van der Waals surface area contributed by atoms with Gasteiger partial charge in [0, 0.05) is 18.9 Å². The van der Waals surface area contributed by atoms with Crippen LogP contribution >= 0.6 is 0 Å². The summed E-state index contributed by atoms with van der Waals surface area (Å²) in [6.45, 7) is 2.27. The van der Waals surface area contributed by atoms with Gasteiger partial charge in [0.1, 0.15) is 5.78 Å². The van der Waals surface area contributed by atoms with Gasteiger partial charge in [0.15, 0.2) is 0 Å². The molecule has 2 unspecified atom stereocenters. The molecule has 2 heteroatoms. The van der Waals surface area contributed by atoms with E-state index in [0.29, 0.717) is 12.2 Å². The topological polar surface area (TPSA) is 37.3 Å². The second-order valence-electron chi connectivity index (χ2n) is 3.34. The molecule has 0 spiro atoms. The second-order valence-corrected chi connectivity index (χ2v) is 3.34. The Kier molecular flexibility index (Phi) is 3.06. The van der Waals surface area contributed by atoms with Crippen LogP contribution in [0.4, 0.5) is 0 Å². The summed E-state index contributed by atoms with van der Waals surface area (Å²) in [6.07, 6.45) is 3.60.